The van der Waals surface area contributed by atoms with Crippen molar-refractivity contribution in [1.82, 2.24) is 15.2 Å². The number of nitrogens with zero attached hydrogens (tertiary/aromatic N) is 3. The van der Waals surface area contributed by atoms with Gasteiger partial charge in [0.15, 0.2) is 17.5 Å². The monoisotopic (exact) mass is 536 g/mol. The van der Waals surface area contributed by atoms with E-state index in [1.165, 1.54) is 5.56 Å². The van der Waals surface area contributed by atoms with Crippen LogP contribution < -0.4 is 14.8 Å². The summed E-state index contributed by atoms with van der Waals surface area (Å²) in [6, 6.07) is 15.8. The summed E-state index contributed by atoms with van der Waals surface area (Å²) >= 11 is 0. The fraction of sp³-hybridized carbons (Fsp3) is 0.304. The van der Waals surface area contributed by atoms with Crippen LogP contribution in [0.1, 0.15) is 11.3 Å². The van der Waals surface area contributed by atoms with Gasteiger partial charge in [0.25, 0.3) is 0 Å². The fourth-order valence-electron chi connectivity index (χ4n) is 3.09. The second-order valence-corrected chi connectivity index (χ2v) is 6.77. The summed E-state index contributed by atoms with van der Waals surface area (Å²) < 4.78 is 16.3. The number of hydrogen-bond donors (Lipinski definition) is 1. The van der Waals surface area contributed by atoms with Crippen molar-refractivity contribution in [1.29, 1.82) is 0 Å². The molecule has 3 aromatic rings. The maximum absolute atomic E-state index is 5.60. The summed E-state index contributed by atoms with van der Waals surface area (Å²) in [5.74, 6) is 2.87. The van der Waals surface area contributed by atoms with Crippen LogP contribution in [0.4, 0.5) is 0 Å². The van der Waals surface area contributed by atoms with Gasteiger partial charge in [0.05, 0.1) is 26.5 Å². The van der Waals surface area contributed by atoms with Gasteiger partial charge in [0.2, 0.25) is 5.89 Å². The SMILES string of the molecule is CN=C(NCc1coc(-c2ccccc2)n1)N(C)CCc1ccc(OC)c(OC)c1.I. The number of guanidine groups is 1. The van der Waals surface area contributed by atoms with Gasteiger partial charge in [-0.05, 0) is 36.2 Å². The van der Waals surface area contributed by atoms with E-state index in [1.807, 2.05) is 55.6 Å². The zero-order chi connectivity index (χ0) is 21.3. The smallest absolute Gasteiger partial charge is 0.226 e. The Balaban J connectivity index is 0.00000341. The normalized spacial score (nSPS) is 10.9. The van der Waals surface area contributed by atoms with Crippen LogP contribution in [0, 0.1) is 0 Å². The zero-order valence-electron chi connectivity index (χ0n) is 18.3. The number of nitrogens with one attached hydrogen (secondary N) is 1. The number of methoxy groups -OCH3 is 2. The first-order valence-corrected chi connectivity index (χ1v) is 9.77. The van der Waals surface area contributed by atoms with Crippen LogP contribution in [0.3, 0.4) is 0 Å². The van der Waals surface area contributed by atoms with E-state index in [9.17, 15) is 0 Å². The van der Waals surface area contributed by atoms with Crippen LogP contribution in [0.5, 0.6) is 11.5 Å². The second kappa shape index (κ2) is 12.2. The van der Waals surface area contributed by atoms with Crippen molar-refractivity contribution in [3.63, 3.8) is 0 Å². The standard InChI is InChI=1S/C23H28N4O3.HI/c1-24-23(25-15-19-16-30-22(26-19)18-8-6-5-7-9-18)27(2)13-12-17-10-11-20(28-3)21(14-17)29-4;/h5-11,14,16H,12-13,15H2,1-4H3,(H,24,25);1H. The number of oxazole rings is 1. The molecular weight excluding hydrogens is 507 g/mol. The molecule has 1 N–H and O–H groups in total. The molecule has 2 aromatic carbocycles. The minimum Gasteiger partial charge on any atom is -0.493 e. The molecule has 0 fully saturated rings. The Morgan fingerprint density at radius 2 is 1.84 bits per heavy atom. The Morgan fingerprint density at radius 3 is 2.52 bits per heavy atom. The number of hydrogen-bond acceptors (Lipinski definition) is 5. The van der Waals surface area contributed by atoms with Crippen molar-refractivity contribution in [2.45, 2.75) is 13.0 Å². The first-order valence-electron chi connectivity index (χ1n) is 9.77. The van der Waals surface area contributed by atoms with E-state index in [2.05, 4.69) is 20.2 Å². The number of aliphatic imine (C=N–C) groups is 1. The van der Waals surface area contributed by atoms with Gasteiger partial charge in [-0.25, -0.2) is 4.98 Å². The number of ether oxygens (including phenoxy) is 2. The van der Waals surface area contributed by atoms with Gasteiger partial charge < -0.3 is 24.1 Å². The van der Waals surface area contributed by atoms with E-state index in [4.69, 9.17) is 13.9 Å². The lowest BCUT2D eigenvalue weighted by atomic mass is 10.1. The van der Waals surface area contributed by atoms with Gasteiger partial charge in [0.1, 0.15) is 6.26 Å². The Bertz CT molecular complexity index is 976. The zero-order valence-corrected chi connectivity index (χ0v) is 20.6. The first-order chi connectivity index (χ1) is 14.6. The van der Waals surface area contributed by atoms with E-state index in [-0.39, 0.29) is 24.0 Å². The highest BCUT2D eigenvalue weighted by Crippen LogP contribution is 2.27. The summed E-state index contributed by atoms with van der Waals surface area (Å²) in [5, 5.41) is 3.34. The first kappa shape index (κ1) is 24.5. The van der Waals surface area contributed by atoms with E-state index in [0.29, 0.717) is 12.4 Å². The minimum atomic E-state index is 0. The molecular formula is C23H29IN4O3. The molecule has 0 saturated carbocycles. The predicted molar refractivity (Wildman–Crippen MR) is 133 cm³/mol. The molecule has 0 spiro atoms. The third-order valence-corrected chi connectivity index (χ3v) is 4.76. The highest BCUT2D eigenvalue weighted by Gasteiger charge is 2.10. The van der Waals surface area contributed by atoms with Gasteiger partial charge in [0, 0.05) is 26.2 Å². The second-order valence-electron chi connectivity index (χ2n) is 6.77. The summed E-state index contributed by atoms with van der Waals surface area (Å²) in [7, 11) is 7.06. The molecule has 31 heavy (non-hydrogen) atoms. The third kappa shape index (κ3) is 6.61. The van der Waals surface area contributed by atoms with Crippen molar-refractivity contribution in [2.75, 3.05) is 34.9 Å². The molecule has 1 heterocycles. The van der Waals surface area contributed by atoms with Crippen molar-refractivity contribution >= 4 is 29.9 Å². The number of halogens is 1. The average Bonchev–Trinajstić information content (AvgIpc) is 3.27. The molecule has 1 aromatic heterocycles. The maximum Gasteiger partial charge on any atom is 0.226 e. The van der Waals surface area contributed by atoms with Crippen molar-refractivity contribution in [3.05, 3.63) is 66.1 Å². The quantitative estimate of drug-likeness (QED) is 0.264. The van der Waals surface area contributed by atoms with Crippen LogP contribution in [0.15, 0.2) is 64.2 Å². The van der Waals surface area contributed by atoms with Gasteiger partial charge in [-0.3, -0.25) is 4.99 Å². The van der Waals surface area contributed by atoms with Crippen molar-refractivity contribution in [3.8, 4) is 23.0 Å². The summed E-state index contributed by atoms with van der Waals surface area (Å²) in [6.07, 6.45) is 2.52. The van der Waals surface area contributed by atoms with E-state index < -0.39 is 0 Å². The number of likely N-dealkylation sites (N-methyl/N-ethyl adjacent to an activating group) is 1. The van der Waals surface area contributed by atoms with Crippen LogP contribution in [0.2, 0.25) is 0 Å². The Morgan fingerprint density at radius 1 is 1.10 bits per heavy atom. The van der Waals surface area contributed by atoms with Crippen molar-refractivity contribution < 1.29 is 13.9 Å². The Labute approximate surface area is 200 Å². The molecule has 0 unspecified atom stereocenters. The minimum absolute atomic E-state index is 0. The number of rotatable bonds is 8. The molecule has 3 rings (SSSR count). The molecule has 0 saturated heterocycles. The van der Waals surface area contributed by atoms with E-state index >= 15 is 0 Å². The lowest BCUT2D eigenvalue weighted by Gasteiger charge is -2.22. The fourth-order valence-corrected chi connectivity index (χ4v) is 3.09. The topological polar surface area (TPSA) is 72.1 Å². The largest absolute Gasteiger partial charge is 0.493 e. The molecule has 166 valence electrons. The molecule has 0 aliphatic carbocycles. The molecule has 8 heteroatoms. The molecule has 0 amide bonds. The van der Waals surface area contributed by atoms with Crippen LogP contribution in [-0.2, 0) is 13.0 Å². The molecule has 7 nitrogen and oxygen atoms in total. The maximum atomic E-state index is 5.60. The summed E-state index contributed by atoms with van der Waals surface area (Å²) in [5.41, 5.74) is 2.95. The third-order valence-electron chi connectivity index (χ3n) is 4.76. The van der Waals surface area contributed by atoms with Gasteiger partial charge in [-0.15, -0.1) is 24.0 Å². The van der Waals surface area contributed by atoms with E-state index in [0.717, 1.165) is 41.7 Å². The summed E-state index contributed by atoms with van der Waals surface area (Å²) in [6.45, 7) is 1.33. The lowest BCUT2D eigenvalue weighted by molar-refractivity contribution is 0.354. The molecule has 0 radical (unpaired) electrons. The predicted octanol–water partition coefficient (Wildman–Crippen LogP) is 4.23. The highest BCUT2D eigenvalue weighted by molar-refractivity contribution is 14.0. The average molecular weight is 536 g/mol. The highest BCUT2D eigenvalue weighted by atomic mass is 127. The van der Waals surface area contributed by atoms with Crippen LogP contribution in [-0.4, -0.2) is 50.7 Å². The van der Waals surface area contributed by atoms with Crippen molar-refractivity contribution in [2.24, 2.45) is 4.99 Å². The Hall–Kier alpha value is -2.75. The number of benzene rings is 2. The lowest BCUT2D eigenvalue weighted by Crippen LogP contribution is -2.39. The molecule has 0 bridgehead atoms. The molecule has 0 aliphatic heterocycles. The molecule has 0 atom stereocenters. The van der Waals surface area contributed by atoms with Crippen LogP contribution in [0.25, 0.3) is 11.5 Å². The number of aromatic nitrogens is 1. The van der Waals surface area contributed by atoms with Crippen LogP contribution >= 0.6 is 24.0 Å². The van der Waals surface area contributed by atoms with Gasteiger partial charge in [-0.1, -0.05) is 24.3 Å². The van der Waals surface area contributed by atoms with Gasteiger partial charge in [-0.2, -0.15) is 0 Å². The summed E-state index contributed by atoms with van der Waals surface area (Å²) in [4.78, 5) is 11.0. The van der Waals surface area contributed by atoms with Gasteiger partial charge >= 0.3 is 0 Å². The molecule has 0 aliphatic rings. The Kier molecular flexibility index (Phi) is 9.64. The van der Waals surface area contributed by atoms with E-state index in [1.54, 1.807) is 27.5 Å².